The van der Waals surface area contributed by atoms with Crippen molar-refractivity contribution in [2.24, 2.45) is 0 Å². The molecule has 0 fully saturated rings. The molecule has 30 heavy (non-hydrogen) atoms. The van der Waals surface area contributed by atoms with Crippen LogP contribution < -0.4 is 5.32 Å². The highest BCUT2D eigenvalue weighted by Crippen LogP contribution is 2.36. The molecule has 0 bridgehead atoms. The number of aromatic carboxylic acids is 1. The summed E-state index contributed by atoms with van der Waals surface area (Å²) in [5, 5.41) is 12.1. The van der Waals surface area contributed by atoms with Crippen molar-refractivity contribution in [2.75, 3.05) is 7.05 Å². The Kier molecular flexibility index (Phi) is 4.79. The van der Waals surface area contributed by atoms with Gasteiger partial charge in [0.05, 0.1) is 11.1 Å². The summed E-state index contributed by atoms with van der Waals surface area (Å²) in [6, 6.07) is 14.4. The third-order valence-corrected chi connectivity index (χ3v) is 4.78. The van der Waals surface area contributed by atoms with Gasteiger partial charge in [0.15, 0.2) is 0 Å². The van der Waals surface area contributed by atoms with Crippen LogP contribution in [0.25, 0.3) is 33.4 Å². The van der Waals surface area contributed by atoms with E-state index in [9.17, 15) is 18.4 Å². The molecule has 0 aliphatic rings. The molecule has 150 valence electrons. The Morgan fingerprint density at radius 1 is 0.900 bits per heavy atom. The van der Waals surface area contributed by atoms with Crippen LogP contribution in [0.15, 0.2) is 65.1 Å². The summed E-state index contributed by atoms with van der Waals surface area (Å²) in [4.78, 5) is 23.6. The van der Waals surface area contributed by atoms with Gasteiger partial charge in [0.1, 0.15) is 23.0 Å². The SMILES string of the molecule is CNC(=O)c1c(-c2ccc(F)cc2)oc2ccc(-c3ccc(C(=O)O)c(F)c3)cc12. The number of carbonyl (C=O) groups excluding carboxylic acids is 1. The van der Waals surface area contributed by atoms with Crippen LogP contribution in [-0.4, -0.2) is 24.0 Å². The van der Waals surface area contributed by atoms with Crippen LogP contribution >= 0.6 is 0 Å². The van der Waals surface area contributed by atoms with Gasteiger partial charge in [-0.3, -0.25) is 4.79 Å². The normalized spacial score (nSPS) is 10.9. The number of halogens is 2. The Hall–Kier alpha value is -4.00. The van der Waals surface area contributed by atoms with E-state index in [2.05, 4.69) is 5.32 Å². The molecular weight excluding hydrogens is 392 g/mol. The summed E-state index contributed by atoms with van der Waals surface area (Å²) in [6.07, 6.45) is 0. The standard InChI is InChI=1S/C23H15F2NO4/c1-26-22(27)20-17-10-13(14-4-8-16(23(28)29)18(25)11-14)5-9-19(17)30-21(20)12-2-6-15(24)7-3-12/h2-11H,1H3,(H,26,27)(H,28,29). The number of amides is 1. The molecule has 4 aromatic rings. The van der Waals surface area contributed by atoms with Gasteiger partial charge in [-0.15, -0.1) is 0 Å². The molecule has 0 aliphatic carbocycles. The Balaban J connectivity index is 1.90. The molecule has 1 aromatic heterocycles. The molecule has 1 heterocycles. The zero-order chi connectivity index (χ0) is 21.4. The molecule has 0 radical (unpaired) electrons. The van der Waals surface area contributed by atoms with E-state index in [1.54, 1.807) is 18.2 Å². The van der Waals surface area contributed by atoms with Gasteiger partial charge in [-0.25, -0.2) is 13.6 Å². The summed E-state index contributed by atoms with van der Waals surface area (Å²) >= 11 is 0. The van der Waals surface area contributed by atoms with E-state index in [4.69, 9.17) is 9.52 Å². The summed E-state index contributed by atoms with van der Waals surface area (Å²) in [7, 11) is 1.49. The smallest absolute Gasteiger partial charge is 0.338 e. The molecular formula is C23H15F2NO4. The third kappa shape index (κ3) is 3.30. The first-order valence-electron chi connectivity index (χ1n) is 8.97. The van der Waals surface area contributed by atoms with Gasteiger partial charge in [0.2, 0.25) is 0 Å². The highest BCUT2D eigenvalue weighted by molar-refractivity contribution is 6.11. The van der Waals surface area contributed by atoms with Crippen molar-refractivity contribution in [1.82, 2.24) is 5.32 Å². The predicted octanol–water partition coefficient (Wildman–Crippen LogP) is 5.10. The van der Waals surface area contributed by atoms with Gasteiger partial charge in [-0.05, 0) is 59.7 Å². The molecule has 0 spiro atoms. The quantitative estimate of drug-likeness (QED) is 0.493. The predicted molar refractivity (Wildman–Crippen MR) is 107 cm³/mol. The molecule has 1 amide bonds. The summed E-state index contributed by atoms with van der Waals surface area (Å²) in [6.45, 7) is 0. The van der Waals surface area contributed by atoms with E-state index in [0.717, 1.165) is 6.07 Å². The van der Waals surface area contributed by atoms with Crippen molar-refractivity contribution >= 4 is 22.8 Å². The third-order valence-electron chi connectivity index (χ3n) is 4.78. The average Bonchev–Trinajstić information content (AvgIpc) is 3.12. The van der Waals surface area contributed by atoms with Gasteiger partial charge >= 0.3 is 5.97 Å². The van der Waals surface area contributed by atoms with Crippen LogP contribution in [0, 0.1) is 11.6 Å². The number of furan rings is 1. The van der Waals surface area contributed by atoms with Crippen molar-refractivity contribution in [3.8, 4) is 22.5 Å². The number of hydrogen-bond acceptors (Lipinski definition) is 3. The maximum atomic E-state index is 14.1. The van der Waals surface area contributed by atoms with Crippen molar-refractivity contribution in [3.05, 3.63) is 83.4 Å². The monoisotopic (exact) mass is 407 g/mol. The molecule has 0 unspecified atom stereocenters. The highest BCUT2D eigenvalue weighted by Gasteiger charge is 2.22. The number of rotatable bonds is 4. The van der Waals surface area contributed by atoms with E-state index in [1.165, 1.54) is 43.4 Å². The molecule has 3 aromatic carbocycles. The van der Waals surface area contributed by atoms with E-state index >= 15 is 0 Å². The maximum absolute atomic E-state index is 14.1. The lowest BCUT2D eigenvalue weighted by Gasteiger charge is -2.05. The largest absolute Gasteiger partial charge is 0.478 e. The highest BCUT2D eigenvalue weighted by atomic mass is 19.1. The van der Waals surface area contributed by atoms with Crippen LogP contribution in [0.5, 0.6) is 0 Å². The number of carbonyl (C=O) groups is 2. The van der Waals surface area contributed by atoms with Gasteiger partial charge in [-0.2, -0.15) is 0 Å². The first-order valence-corrected chi connectivity index (χ1v) is 8.97. The molecule has 0 saturated carbocycles. The summed E-state index contributed by atoms with van der Waals surface area (Å²) in [5.74, 6) is -2.72. The first kappa shape index (κ1) is 19.3. The molecule has 2 N–H and O–H groups in total. The van der Waals surface area contributed by atoms with Crippen LogP contribution in [0.4, 0.5) is 8.78 Å². The summed E-state index contributed by atoms with van der Waals surface area (Å²) in [5.41, 5.74) is 1.84. The van der Waals surface area contributed by atoms with Crippen LogP contribution in [-0.2, 0) is 0 Å². The number of benzene rings is 3. The summed E-state index contributed by atoms with van der Waals surface area (Å²) < 4.78 is 33.3. The zero-order valence-electron chi connectivity index (χ0n) is 15.7. The fourth-order valence-corrected chi connectivity index (χ4v) is 3.30. The number of carboxylic acids is 1. The zero-order valence-corrected chi connectivity index (χ0v) is 15.7. The number of fused-ring (bicyclic) bond motifs is 1. The second-order valence-electron chi connectivity index (χ2n) is 6.60. The molecule has 0 atom stereocenters. The van der Waals surface area contributed by atoms with E-state index in [1.807, 2.05) is 0 Å². The average molecular weight is 407 g/mol. The Bertz CT molecular complexity index is 1290. The van der Waals surface area contributed by atoms with Gasteiger partial charge in [0, 0.05) is 18.0 Å². The van der Waals surface area contributed by atoms with Crippen molar-refractivity contribution < 1.29 is 27.9 Å². The minimum Gasteiger partial charge on any atom is -0.478 e. The molecule has 7 heteroatoms. The molecule has 0 saturated heterocycles. The van der Waals surface area contributed by atoms with Crippen LogP contribution in [0.2, 0.25) is 0 Å². The number of hydrogen-bond donors (Lipinski definition) is 2. The lowest BCUT2D eigenvalue weighted by atomic mass is 9.99. The first-order chi connectivity index (χ1) is 14.4. The van der Waals surface area contributed by atoms with Gasteiger partial charge in [0.25, 0.3) is 5.91 Å². The minimum atomic E-state index is -1.35. The van der Waals surface area contributed by atoms with Gasteiger partial charge in [-0.1, -0.05) is 12.1 Å². The fraction of sp³-hybridized carbons (Fsp3) is 0.0435. The van der Waals surface area contributed by atoms with E-state index in [-0.39, 0.29) is 11.3 Å². The Morgan fingerprint density at radius 3 is 2.17 bits per heavy atom. The number of carboxylic acid groups (broad SMARTS) is 1. The molecule has 0 aliphatic heterocycles. The Labute approximate surface area is 169 Å². The fourth-order valence-electron chi connectivity index (χ4n) is 3.30. The maximum Gasteiger partial charge on any atom is 0.338 e. The van der Waals surface area contributed by atoms with E-state index < -0.39 is 29.1 Å². The molecule has 5 nitrogen and oxygen atoms in total. The van der Waals surface area contributed by atoms with E-state index in [0.29, 0.717) is 27.7 Å². The van der Waals surface area contributed by atoms with Crippen molar-refractivity contribution in [3.63, 3.8) is 0 Å². The second kappa shape index (κ2) is 7.44. The van der Waals surface area contributed by atoms with Crippen LogP contribution in [0.1, 0.15) is 20.7 Å². The topological polar surface area (TPSA) is 79.5 Å². The minimum absolute atomic E-state index is 0.267. The number of nitrogens with one attached hydrogen (secondary N) is 1. The lowest BCUT2D eigenvalue weighted by molar-refractivity contribution is 0.0691. The Morgan fingerprint density at radius 2 is 1.53 bits per heavy atom. The van der Waals surface area contributed by atoms with Gasteiger partial charge < -0.3 is 14.8 Å². The molecule has 4 rings (SSSR count). The van der Waals surface area contributed by atoms with Crippen LogP contribution in [0.3, 0.4) is 0 Å². The lowest BCUT2D eigenvalue weighted by Crippen LogP contribution is -2.18. The van der Waals surface area contributed by atoms with Crippen molar-refractivity contribution in [1.29, 1.82) is 0 Å². The van der Waals surface area contributed by atoms with Crippen molar-refractivity contribution in [2.45, 2.75) is 0 Å². The second-order valence-corrected chi connectivity index (χ2v) is 6.60.